The molecule has 0 unspecified atom stereocenters. The molecule has 0 bridgehead atoms. The predicted molar refractivity (Wildman–Crippen MR) is 131 cm³/mol. The molecule has 2 heterocycles. The van der Waals surface area contributed by atoms with Crippen molar-refractivity contribution in [3.63, 3.8) is 0 Å². The van der Waals surface area contributed by atoms with E-state index in [9.17, 15) is 9.59 Å². The predicted octanol–water partition coefficient (Wildman–Crippen LogP) is 3.23. The fourth-order valence-corrected chi connectivity index (χ4v) is 4.31. The molecule has 2 fully saturated rings. The average Bonchev–Trinajstić information content (AvgIpc) is 2.79. The molecular formula is C23H33Cl2N3O4. The van der Waals surface area contributed by atoms with Crippen LogP contribution in [0.5, 0.6) is 5.75 Å². The van der Waals surface area contributed by atoms with Gasteiger partial charge in [-0.15, -0.1) is 24.8 Å². The van der Waals surface area contributed by atoms with E-state index in [1.54, 1.807) is 18.2 Å². The summed E-state index contributed by atoms with van der Waals surface area (Å²) in [6.07, 6.45) is 6.02. The zero-order valence-electron chi connectivity index (χ0n) is 18.3. The van der Waals surface area contributed by atoms with Crippen LogP contribution in [-0.2, 0) is 0 Å². The second kappa shape index (κ2) is 13.0. The Morgan fingerprint density at radius 1 is 1.16 bits per heavy atom. The third kappa shape index (κ3) is 6.85. The van der Waals surface area contributed by atoms with Crippen molar-refractivity contribution in [2.45, 2.75) is 32.1 Å². The molecule has 4 rings (SSSR count). The number of piperazine rings is 1. The molecule has 32 heavy (non-hydrogen) atoms. The topological polar surface area (TPSA) is 83.8 Å². The van der Waals surface area contributed by atoms with Crippen LogP contribution in [0.3, 0.4) is 0 Å². The third-order valence-electron chi connectivity index (χ3n) is 6.09. The Morgan fingerprint density at radius 2 is 1.91 bits per heavy atom. The van der Waals surface area contributed by atoms with Crippen LogP contribution in [0.4, 0.5) is 0 Å². The zero-order valence-corrected chi connectivity index (χ0v) is 19.9. The molecule has 7 nitrogen and oxygen atoms in total. The van der Waals surface area contributed by atoms with Crippen LogP contribution in [0.1, 0.15) is 42.7 Å². The Hall–Kier alpha value is -1.80. The van der Waals surface area contributed by atoms with Crippen molar-refractivity contribution in [1.82, 2.24) is 15.5 Å². The molecule has 0 radical (unpaired) electrons. The van der Waals surface area contributed by atoms with Gasteiger partial charge in [-0.3, -0.25) is 14.5 Å². The molecule has 9 heteroatoms. The minimum Gasteiger partial charge on any atom is -0.488 e. The third-order valence-corrected chi connectivity index (χ3v) is 6.09. The first-order valence-electron chi connectivity index (χ1n) is 11.1. The number of hydrogen-bond acceptors (Lipinski definition) is 6. The molecule has 1 saturated carbocycles. The second-order valence-corrected chi connectivity index (χ2v) is 8.26. The minimum absolute atomic E-state index is 0. The van der Waals surface area contributed by atoms with Crippen LogP contribution in [0.2, 0.25) is 0 Å². The minimum atomic E-state index is -0.338. The van der Waals surface area contributed by atoms with E-state index in [2.05, 4.69) is 15.5 Å². The Morgan fingerprint density at radius 3 is 2.66 bits per heavy atom. The number of rotatable bonds is 7. The number of carbonyl (C=O) groups is 1. The van der Waals surface area contributed by atoms with Crippen molar-refractivity contribution < 1.29 is 13.9 Å². The fraction of sp³-hybridized carbons (Fsp3) is 0.565. The molecule has 178 valence electrons. The summed E-state index contributed by atoms with van der Waals surface area (Å²) in [5, 5.41) is 6.70. The Labute approximate surface area is 201 Å². The maximum atomic E-state index is 12.6. The second-order valence-electron chi connectivity index (χ2n) is 8.26. The lowest BCUT2D eigenvalue weighted by atomic mass is 9.89. The summed E-state index contributed by atoms with van der Waals surface area (Å²) in [4.78, 5) is 27.5. The summed E-state index contributed by atoms with van der Waals surface area (Å²) in [5.41, 5.74) is 0.111. The van der Waals surface area contributed by atoms with Crippen LogP contribution in [0, 0.1) is 5.92 Å². The monoisotopic (exact) mass is 485 g/mol. The summed E-state index contributed by atoms with van der Waals surface area (Å²) in [6.45, 7) is 5.91. The first kappa shape index (κ1) is 26.5. The van der Waals surface area contributed by atoms with Gasteiger partial charge in [0.15, 0.2) is 22.5 Å². The Bertz CT molecular complexity index is 925. The molecule has 2 aliphatic rings. The van der Waals surface area contributed by atoms with E-state index in [0.29, 0.717) is 35.8 Å². The van der Waals surface area contributed by atoms with Gasteiger partial charge in [0.05, 0.1) is 5.39 Å². The summed E-state index contributed by atoms with van der Waals surface area (Å²) in [5.74, 6) is 0.720. The molecule has 0 atom stereocenters. The standard InChI is InChI=1S/C23H31N3O4.2ClH/c27-19-15-21(23(28)25-16-17-5-2-1-3-6-17)30-22-18(19)7-4-8-20(22)29-14-13-26-11-9-24-10-12-26;;/h4,7-8,15,17,24H,1-3,5-6,9-14,16H2,(H,25,28);2*1H. The van der Waals surface area contributed by atoms with E-state index in [4.69, 9.17) is 9.15 Å². The van der Waals surface area contributed by atoms with Crippen LogP contribution >= 0.6 is 24.8 Å². The molecule has 1 aromatic carbocycles. The van der Waals surface area contributed by atoms with Crippen molar-refractivity contribution in [1.29, 1.82) is 0 Å². The lowest BCUT2D eigenvalue weighted by Crippen LogP contribution is -2.44. The highest BCUT2D eigenvalue weighted by atomic mass is 35.5. The highest BCUT2D eigenvalue weighted by Gasteiger charge is 2.18. The molecule has 1 saturated heterocycles. The number of carbonyl (C=O) groups excluding carboxylic acids is 1. The number of ether oxygens (including phenoxy) is 1. The van der Waals surface area contributed by atoms with Gasteiger partial charge in [-0.1, -0.05) is 25.3 Å². The molecule has 1 aliphatic heterocycles. The number of para-hydroxylation sites is 1. The maximum Gasteiger partial charge on any atom is 0.287 e. The van der Waals surface area contributed by atoms with Gasteiger partial charge in [0, 0.05) is 45.3 Å². The van der Waals surface area contributed by atoms with Gasteiger partial charge in [0.25, 0.3) is 5.91 Å². The van der Waals surface area contributed by atoms with E-state index in [0.717, 1.165) is 45.6 Å². The van der Waals surface area contributed by atoms with Crippen LogP contribution in [0.25, 0.3) is 11.0 Å². The van der Waals surface area contributed by atoms with E-state index in [1.165, 1.54) is 25.3 Å². The van der Waals surface area contributed by atoms with Crippen LogP contribution < -0.4 is 20.8 Å². The van der Waals surface area contributed by atoms with E-state index in [-0.39, 0.29) is 41.9 Å². The van der Waals surface area contributed by atoms with E-state index in [1.807, 2.05) is 0 Å². The summed E-state index contributed by atoms with van der Waals surface area (Å²) in [6, 6.07) is 6.55. The summed E-state index contributed by atoms with van der Waals surface area (Å²) < 4.78 is 11.8. The molecule has 1 aliphatic carbocycles. The van der Waals surface area contributed by atoms with Gasteiger partial charge in [0.1, 0.15) is 6.61 Å². The van der Waals surface area contributed by atoms with Crippen molar-refractivity contribution in [2.75, 3.05) is 45.9 Å². The molecule has 2 N–H and O–H groups in total. The first-order valence-corrected chi connectivity index (χ1v) is 11.1. The van der Waals surface area contributed by atoms with Gasteiger partial charge >= 0.3 is 0 Å². The molecular weight excluding hydrogens is 453 g/mol. The number of benzene rings is 1. The highest BCUT2D eigenvalue weighted by molar-refractivity contribution is 5.94. The molecule has 0 spiro atoms. The molecule has 1 aromatic heterocycles. The first-order chi connectivity index (χ1) is 14.7. The van der Waals surface area contributed by atoms with Gasteiger partial charge in [0.2, 0.25) is 0 Å². The van der Waals surface area contributed by atoms with E-state index >= 15 is 0 Å². The molecule has 2 aromatic rings. The van der Waals surface area contributed by atoms with Crippen molar-refractivity contribution in [3.05, 3.63) is 40.2 Å². The Kier molecular flexibility index (Phi) is 10.8. The number of nitrogens with zero attached hydrogens (tertiary/aromatic N) is 1. The van der Waals surface area contributed by atoms with Gasteiger partial charge in [-0.2, -0.15) is 0 Å². The fourth-order valence-electron chi connectivity index (χ4n) is 4.31. The highest BCUT2D eigenvalue weighted by Crippen LogP contribution is 2.25. The molecule has 1 amide bonds. The summed E-state index contributed by atoms with van der Waals surface area (Å²) in [7, 11) is 0. The van der Waals surface area contributed by atoms with Gasteiger partial charge in [-0.25, -0.2) is 0 Å². The zero-order chi connectivity index (χ0) is 20.8. The number of nitrogens with one attached hydrogen (secondary N) is 2. The lowest BCUT2D eigenvalue weighted by Gasteiger charge is -2.26. The van der Waals surface area contributed by atoms with Crippen molar-refractivity contribution in [3.8, 4) is 5.75 Å². The largest absolute Gasteiger partial charge is 0.488 e. The van der Waals surface area contributed by atoms with Crippen LogP contribution in [0.15, 0.2) is 33.5 Å². The number of fused-ring (bicyclic) bond motifs is 1. The summed E-state index contributed by atoms with van der Waals surface area (Å²) >= 11 is 0. The number of hydrogen-bond donors (Lipinski definition) is 2. The average molecular weight is 486 g/mol. The SMILES string of the molecule is Cl.Cl.O=C(NCC1CCCCC1)c1cc(=O)c2cccc(OCCN3CCNCC3)c2o1. The van der Waals surface area contributed by atoms with Crippen molar-refractivity contribution >= 4 is 41.7 Å². The van der Waals surface area contributed by atoms with E-state index < -0.39 is 0 Å². The van der Waals surface area contributed by atoms with Gasteiger partial charge in [-0.05, 0) is 30.9 Å². The van der Waals surface area contributed by atoms with Gasteiger partial charge < -0.3 is 19.8 Å². The maximum absolute atomic E-state index is 12.6. The van der Waals surface area contributed by atoms with Crippen LogP contribution in [-0.4, -0.2) is 56.7 Å². The Balaban J connectivity index is 0.00000181. The van der Waals surface area contributed by atoms with Crippen molar-refractivity contribution in [2.24, 2.45) is 5.92 Å². The quantitative estimate of drug-likeness (QED) is 0.626. The lowest BCUT2D eigenvalue weighted by molar-refractivity contribution is 0.0916. The smallest absolute Gasteiger partial charge is 0.287 e. The number of halogens is 2. The number of amides is 1. The normalized spacial score (nSPS) is 17.2.